The minimum absolute atomic E-state index is 0.0164. The quantitative estimate of drug-likeness (QED) is 0.640. The molecule has 2 aliphatic rings. The molecule has 0 radical (unpaired) electrons. The molecule has 2 N–H and O–H groups in total. The van der Waals surface area contributed by atoms with E-state index in [1.807, 2.05) is 12.1 Å². The van der Waals surface area contributed by atoms with Gasteiger partial charge in [-0.3, -0.25) is 9.69 Å². The Morgan fingerprint density at radius 2 is 1.71 bits per heavy atom. The highest BCUT2D eigenvalue weighted by atomic mass is 35.5. The molecule has 31 heavy (non-hydrogen) atoms. The van der Waals surface area contributed by atoms with Crippen LogP contribution in [0.1, 0.15) is 30.7 Å². The number of hydrogen-bond donors (Lipinski definition) is 2. The van der Waals surface area contributed by atoms with E-state index in [-0.39, 0.29) is 17.6 Å². The van der Waals surface area contributed by atoms with Gasteiger partial charge in [0, 0.05) is 42.6 Å². The first-order valence-electron chi connectivity index (χ1n) is 11.0. The maximum atomic E-state index is 12.6. The monoisotopic (exact) mass is 439 g/mol. The molecule has 2 saturated heterocycles. The minimum Gasteiger partial charge on any atom is -0.508 e. The van der Waals surface area contributed by atoms with Crippen LogP contribution in [0.25, 0.3) is 0 Å². The maximum absolute atomic E-state index is 12.6. The van der Waals surface area contributed by atoms with Crippen molar-refractivity contribution in [2.24, 2.45) is 5.92 Å². The fourth-order valence-corrected chi connectivity index (χ4v) is 4.73. The molecule has 0 bridgehead atoms. The number of benzene rings is 2. The first-order chi connectivity index (χ1) is 15.0. The first-order valence-corrected chi connectivity index (χ1v) is 11.4. The van der Waals surface area contributed by atoms with Crippen molar-refractivity contribution in [2.45, 2.75) is 25.2 Å². The lowest BCUT2D eigenvalue weighted by molar-refractivity contribution is -0.119. The number of piperidine rings is 1. The van der Waals surface area contributed by atoms with Crippen LogP contribution in [0.3, 0.4) is 0 Å². The van der Waals surface area contributed by atoms with Crippen LogP contribution in [0.4, 0.5) is 5.69 Å². The van der Waals surface area contributed by atoms with Crippen LogP contribution in [-0.4, -0.2) is 53.5 Å². The van der Waals surface area contributed by atoms with Crippen molar-refractivity contribution in [3.63, 3.8) is 0 Å². The average Bonchev–Trinajstić information content (AvgIpc) is 3.25. The van der Waals surface area contributed by atoms with E-state index >= 15 is 0 Å². The van der Waals surface area contributed by atoms with E-state index in [2.05, 4.69) is 33.8 Å². The second-order valence-electron chi connectivity index (χ2n) is 8.64. The molecule has 1 atom stereocenters. The Bertz CT molecular complexity index is 905. The molecule has 1 unspecified atom stereocenters. The van der Waals surface area contributed by atoms with Gasteiger partial charge in [-0.2, -0.15) is 0 Å². The van der Waals surface area contributed by atoms with Gasteiger partial charge in [0.15, 0.2) is 0 Å². The third-order valence-corrected chi connectivity index (χ3v) is 6.72. The molecule has 1 amide bonds. The number of nitrogens with one attached hydrogen (secondary N) is 1. The summed E-state index contributed by atoms with van der Waals surface area (Å²) in [5, 5.41) is 13.1. The van der Waals surface area contributed by atoms with Gasteiger partial charge in [-0.25, -0.2) is 0 Å². The molecule has 0 aromatic heterocycles. The standard InChI is InChI=1S/C25H30ClN3O2/c1-18(29-14-11-20(12-15-29)19-2-4-22(26)5-3-19)16-28-13-10-21(17-28)25(31)27-23-6-8-24(30)9-7-23/h2-9,20-21,30H,1,10-17H2,(H,27,31). The molecular formula is C25H30ClN3O2. The van der Waals surface area contributed by atoms with Crippen LogP contribution in [0.15, 0.2) is 60.8 Å². The number of phenolic OH excluding ortho intramolecular Hbond substituents is 1. The van der Waals surface area contributed by atoms with Crippen LogP contribution in [0, 0.1) is 5.92 Å². The molecule has 2 aliphatic heterocycles. The Kier molecular flexibility index (Phi) is 6.83. The van der Waals surface area contributed by atoms with Crippen molar-refractivity contribution in [1.82, 2.24) is 9.80 Å². The Balaban J connectivity index is 1.22. The third kappa shape index (κ3) is 5.60. The van der Waals surface area contributed by atoms with Crippen molar-refractivity contribution < 1.29 is 9.90 Å². The lowest BCUT2D eigenvalue weighted by Crippen LogP contribution is -2.37. The van der Waals surface area contributed by atoms with Crippen LogP contribution >= 0.6 is 11.6 Å². The van der Waals surface area contributed by atoms with E-state index in [1.165, 1.54) is 5.56 Å². The van der Waals surface area contributed by atoms with Gasteiger partial charge in [0.05, 0.1) is 5.92 Å². The Hall–Kier alpha value is -2.50. The molecule has 0 aliphatic carbocycles. The summed E-state index contributed by atoms with van der Waals surface area (Å²) in [4.78, 5) is 17.3. The molecule has 5 nitrogen and oxygen atoms in total. The normalized spacial score (nSPS) is 20.0. The molecule has 6 heteroatoms. The van der Waals surface area contributed by atoms with Gasteiger partial charge in [-0.05, 0) is 73.7 Å². The summed E-state index contributed by atoms with van der Waals surface area (Å²) in [5.41, 5.74) is 3.24. The summed E-state index contributed by atoms with van der Waals surface area (Å²) >= 11 is 6.01. The molecular weight excluding hydrogens is 410 g/mol. The fraction of sp³-hybridized carbons (Fsp3) is 0.400. The van der Waals surface area contributed by atoms with Gasteiger partial charge in [0.1, 0.15) is 5.75 Å². The van der Waals surface area contributed by atoms with Crippen LogP contribution in [0.5, 0.6) is 5.75 Å². The second-order valence-corrected chi connectivity index (χ2v) is 9.07. The summed E-state index contributed by atoms with van der Waals surface area (Å²) in [7, 11) is 0. The molecule has 2 aromatic rings. The van der Waals surface area contributed by atoms with Gasteiger partial charge in [0.25, 0.3) is 0 Å². The Morgan fingerprint density at radius 3 is 2.39 bits per heavy atom. The largest absolute Gasteiger partial charge is 0.508 e. The summed E-state index contributed by atoms with van der Waals surface area (Å²) in [6.07, 6.45) is 3.10. The Morgan fingerprint density at radius 1 is 1.03 bits per heavy atom. The number of aromatic hydroxyl groups is 1. The van der Waals surface area contributed by atoms with Crippen LogP contribution < -0.4 is 5.32 Å². The number of carbonyl (C=O) groups excluding carboxylic acids is 1. The van der Waals surface area contributed by atoms with Gasteiger partial charge in [-0.15, -0.1) is 0 Å². The number of rotatable bonds is 6. The Labute approximate surface area is 189 Å². The zero-order valence-electron chi connectivity index (χ0n) is 17.8. The number of hydrogen-bond acceptors (Lipinski definition) is 4. The minimum atomic E-state index is -0.0164. The predicted molar refractivity (Wildman–Crippen MR) is 125 cm³/mol. The second kappa shape index (κ2) is 9.75. The average molecular weight is 440 g/mol. The van der Waals surface area contributed by atoms with E-state index in [0.29, 0.717) is 11.6 Å². The highest BCUT2D eigenvalue weighted by Gasteiger charge is 2.30. The number of phenols is 1. The van der Waals surface area contributed by atoms with Crippen molar-refractivity contribution in [3.05, 3.63) is 71.4 Å². The molecule has 2 fully saturated rings. The first kappa shape index (κ1) is 21.7. The van der Waals surface area contributed by atoms with Crippen molar-refractivity contribution in [1.29, 1.82) is 0 Å². The van der Waals surface area contributed by atoms with E-state index in [9.17, 15) is 9.90 Å². The van der Waals surface area contributed by atoms with Gasteiger partial charge in [-0.1, -0.05) is 30.3 Å². The number of halogens is 1. The van der Waals surface area contributed by atoms with Crippen molar-refractivity contribution >= 4 is 23.2 Å². The summed E-state index contributed by atoms with van der Waals surface area (Å²) in [6.45, 7) is 8.86. The van der Waals surface area contributed by atoms with Gasteiger partial charge in [0.2, 0.25) is 5.91 Å². The van der Waals surface area contributed by atoms with Crippen molar-refractivity contribution in [3.8, 4) is 5.75 Å². The van der Waals surface area contributed by atoms with E-state index in [0.717, 1.165) is 62.7 Å². The third-order valence-electron chi connectivity index (χ3n) is 6.47. The predicted octanol–water partition coefficient (Wildman–Crippen LogP) is 4.70. The molecule has 0 spiro atoms. The lowest BCUT2D eigenvalue weighted by Gasteiger charge is -2.36. The smallest absolute Gasteiger partial charge is 0.228 e. The number of carbonyl (C=O) groups is 1. The molecule has 2 aromatic carbocycles. The summed E-state index contributed by atoms with van der Waals surface area (Å²) in [5.74, 6) is 0.807. The summed E-state index contributed by atoms with van der Waals surface area (Å²) in [6, 6.07) is 14.8. The highest BCUT2D eigenvalue weighted by molar-refractivity contribution is 6.30. The summed E-state index contributed by atoms with van der Waals surface area (Å²) < 4.78 is 0. The molecule has 0 saturated carbocycles. The van der Waals surface area contributed by atoms with Gasteiger partial charge < -0.3 is 15.3 Å². The number of anilines is 1. The number of nitrogens with zero attached hydrogens (tertiary/aromatic N) is 2. The lowest BCUT2D eigenvalue weighted by atomic mass is 9.89. The molecule has 4 rings (SSSR count). The maximum Gasteiger partial charge on any atom is 0.228 e. The van der Waals surface area contributed by atoms with E-state index < -0.39 is 0 Å². The fourth-order valence-electron chi connectivity index (χ4n) is 4.60. The SMILES string of the molecule is C=C(CN1CCC(C(=O)Nc2ccc(O)cc2)C1)N1CCC(c2ccc(Cl)cc2)CC1. The van der Waals surface area contributed by atoms with Crippen LogP contribution in [0.2, 0.25) is 5.02 Å². The molecule has 2 heterocycles. The zero-order chi connectivity index (χ0) is 21.8. The van der Waals surface area contributed by atoms with Crippen molar-refractivity contribution in [2.75, 3.05) is 38.0 Å². The van der Waals surface area contributed by atoms with Gasteiger partial charge >= 0.3 is 0 Å². The molecule has 164 valence electrons. The number of amides is 1. The van der Waals surface area contributed by atoms with E-state index in [1.54, 1.807) is 24.3 Å². The topological polar surface area (TPSA) is 55.8 Å². The van der Waals surface area contributed by atoms with Crippen LogP contribution in [-0.2, 0) is 4.79 Å². The highest BCUT2D eigenvalue weighted by Crippen LogP contribution is 2.30. The van der Waals surface area contributed by atoms with E-state index in [4.69, 9.17) is 11.6 Å². The number of likely N-dealkylation sites (tertiary alicyclic amines) is 2. The zero-order valence-corrected chi connectivity index (χ0v) is 18.5.